The van der Waals surface area contributed by atoms with Crippen molar-refractivity contribution in [1.29, 1.82) is 0 Å². The van der Waals surface area contributed by atoms with Gasteiger partial charge in [-0.3, -0.25) is 0 Å². The number of benzene rings is 2. The van der Waals surface area contributed by atoms with Crippen LogP contribution >= 0.6 is 12.4 Å². The van der Waals surface area contributed by atoms with Crippen molar-refractivity contribution >= 4 is 22.4 Å². The molecule has 2 atom stereocenters. The van der Waals surface area contributed by atoms with Crippen LogP contribution in [0.2, 0.25) is 0 Å². The van der Waals surface area contributed by atoms with E-state index in [4.69, 9.17) is 15.2 Å². The molecule has 2 aromatic rings. The molecule has 0 amide bonds. The van der Waals surface area contributed by atoms with Crippen molar-refractivity contribution in [3.05, 3.63) is 54.1 Å². The summed E-state index contributed by atoms with van der Waals surface area (Å²) in [7, 11) is -0.877. The number of rotatable bonds is 6. The Morgan fingerprint density at radius 3 is 2.11 bits per heavy atom. The predicted octanol–water partition coefficient (Wildman–Crippen LogP) is 2.49. The van der Waals surface area contributed by atoms with Crippen molar-refractivity contribution in [1.82, 2.24) is 4.31 Å². The first kappa shape index (κ1) is 21.5. The predicted molar refractivity (Wildman–Crippen MR) is 107 cm³/mol. The number of ether oxygens (including phenoxy) is 2. The van der Waals surface area contributed by atoms with Gasteiger partial charge in [0.2, 0.25) is 0 Å². The summed E-state index contributed by atoms with van der Waals surface area (Å²) in [6.45, 7) is 1.18. The standard InChI is InChI=1S/C19H24N2O4S.ClH/c1-24-17-9-6-10-18(25-2)19(17)26(22,23)21-12-15(11-20)16(13-21)14-7-4-3-5-8-14;/h3-10,15-16H,11-13,20H2,1-2H3;1H/t15-,16+;/m1./s1. The zero-order valence-corrected chi connectivity index (χ0v) is 17.0. The van der Waals surface area contributed by atoms with Gasteiger partial charge in [-0.25, -0.2) is 8.42 Å². The maximum Gasteiger partial charge on any atom is 0.250 e. The molecule has 2 N–H and O–H groups in total. The topological polar surface area (TPSA) is 81.9 Å². The molecular formula is C19H25ClN2O4S. The van der Waals surface area contributed by atoms with Gasteiger partial charge in [-0.1, -0.05) is 36.4 Å². The highest BCUT2D eigenvalue weighted by Crippen LogP contribution is 2.40. The van der Waals surface area contributed by atoms with Gasteiger partial charge in [-0.05, 0) is 30.2 Å². The lowest BCUT2D eigenvalue weighted by Gasteiger charge is -2.20. The maximum atomic E-state index is 13.4. The summed E-state index contributed by atoms with van der Waals surface area (Å²) in [4.78, 5) is 0.0643. The van der Waals surface area contributed by atoms with E-state index < -0.39 is 10.0 Å². The highest BCUT2D eigenvalue weighted by atomic mass is 35.5. The van der Waals surface area contributed by atoms with E-state index in [9.17, 15) is 8.42 Å². The summed E-state index contributed by atoms with van der Waals surface area (Å²) < 4.78 is 38.8. The molecule has 0 aromatic heterocycles. The minimum atomic E-state index is -3.78. The second-order valence-corrected chi connectivity index (χ2v) is 8.20. The average molecular weight is 413 g/mol. The Bertz CT molecular complexity index is 839. The third-order valence-electron chi connectivity index (χ3n) is 4.92. The Morgan fingerprint density at radius 2 is 1.59 bits per heavy atom. The van der Waals surface area contributed by atoms with Crippen molar-refractivity contribution in [3.8, 4) is 11.5 Å². The first-order valence-electron chi connectivity index (χ1n) is 8.49. The van der Waals surface area contributed by atoms with Gasteiger partial charge in [0, 0.05) is 19.0 Å². The van der Waals surface area contributed by atoms with Crippen molar-refractivity contribution in [2.75, 3.05) is 33.9 Å². The second kappa shape index (κ2) is 8.93. The molecule has 1 aliphatic rings. The molecule has 27 heavy (non-hydrogen) atoms. The van der Waals surface area contributed by atoms with Gasteiger partial charge in [0.05, 0.1) is 14.2 Å². The van der Waals surface area contributed by atoms with Crippen LogP contribution in [0, 0.1) is 5.92 Å². The first-order chi connectivity index (χ1) is 12.5. The molecule has 8 heteroatoms. The fourth-order valence-corrected chi connectivity index (χ4v) is 5.36. The van der Waals surface area contributed by atoms with Crippen LogP contribution < -0.4 is 15.2 Å². The number of halogens is 1. The summed E-state index contributed by atoms with van der Waals surface area (Å²) in [5.41, 5.74) is 7.05. The normalized spacial score (nSPS) is 20.1. The zero-order valence-electron chi connectivity index (χ0n) is 15.4. The third-order valence-corrected chi connectivity index (χ3v) is 6.81. The minimum Gasteiger partial charge on any atom is -0.495 e. The van der Waals surface area contributed by atoms with Crippen LogP contribution in [-0.2, 0) is 10.0 Å². The Hall–Kier alpha value is -1.80. The largest absolute Gasteiger partial charge is 0.495 e. The van der Waals surface area contributed by atoms with Crippen LogP contribution in [0.1, 0.15) is 11.5 Å². The Balaban J connectivity index is 0.00000261. The number of hydrogen-bond donors (Lipinski definition) is 1. The van der Waals surface area contributed by atoms with Crippen LogP contribution in [-0.4, -0.2) is 46.6 Å². The second-order valence-electron chi connectivity index (χ2n) is 6.33. The van der Waals surface area contributed by atoms with Gasteiger partial charge in [-0.2, -0.15) is 4.31 Å². The molecule has 6 nitrogen and oxygen atoms in total. The van der Waals surface area contributed by atoms with E-state index in [0.717, 1.165) is 5.56 Å². The molecule has 0 saturated carbocycles. The van der Waals surface area contributed by atoms with Gasteiger partial charge in [0.25, 0.3) is 10.0 Å². The molecule has 1 saturated heterocycles. The summed E-state index contributed by atoms with van der Waals surface area (Å²) in [5, 5.41) is 0. The molecule has 2 aromatic carbocycles. The fourth-order valence-electron chi connectivity index (χ4n) is 3.55. The lowest BCUT2D eigenvalue weighted by molar-refractivity contribution is 0.367. The lowest BCUT2D eigenvalue weighted by Crippen LogP contribution is -2.30. The van der Waals surface area contributed by atoms with Crippen LogP contribution in [0.4, 0.5) is 0 Å². The number of hydrogen-bond acceptors (Lipinski definition) is 5. The number of nitrogens with two attached hydrogens (primary N) is 1. The molecule has 1 aliphatic heterocycles. The number of sulfonamides is 1. The minimum absolute atomic E-state index is 0. The third kappa shape index (κ3) is 4.06. The van der Waals surface area contributed by atoms with E-state index in [1.807, 2.05) is 30.3 Å². The van der Waals surface area contributed by atoms with E-state index in [2.05, 4.69) is 0 Å². The van der Waals surface area contributed by atoms with Crippen molar-refractivity contribution in [2.24, 2.45) is 11.7 Å². The summed E-state index contributed by atoms with van der Waals surface area (Å²) >= 11 is 0. The van der Waals surface area contributed by atoms with Crippen LogP contribution in [0.15, 0.2) is 53.4 Å². The molecule has 1 heterocycles. The molecule has 0 spiro atoms. The molecule has 0 aliphatic carbocycles. The highest BCUT2D eigenvalue weighted by molar-refractivity contribution is 7.89. The van der Waals surface area contributed by atoms with E-state index in [1.54, 1.807) is 18.2 Å². The van der Waals surface area contributed by atoms with E-state index >= 15 is 0 Å². The quantitative estimate of drug-likeness (QED) is 0.788. The molecule has 0 bridgehead atoms. The first-order valence-corrected chi connectivity index (χ1v) is 9.93. The van der Waals surface area contributed by atoms with Crippen LogP contribution in [0.5, 0.6) is 11.5 Å². The summed E-state index contributed by atoms with van der Waals surface area (Å²) in [6.07, 6.45) is 0. The van der Waals surface area contributed by atoms with Crippen molar-refractivity contribution in [2.45, 2.75) is 10.8 Å². The SMILES string of the molecule is COc1cccc(OC)c1S(=O)(=O)N1C[C@@H](CN)[C@H](c2ccccc2)C1.Cl. The van der Waals surface area contributed by atoms with Gasteiger partial charge in [0.15, 0.2) is 4.90 Å². The van der Waals surface area contributed by atoms with Gasteiger partial charge >= 0.3 is 0 Å². The molecule has 3 rings (SSSR count). The summed E-state index contributed by atoms with van der Waals surface area (Å²) in [5.74, 6) is 0.679. The van der Waals surface area contributed by atoms with Crippen molar-refractivity contribution in [3.63, 3.8) is 0 Å². The molecular weight excluding hydrogens is 388 g/mol. The van der Waals surface area contributed by atoms with Crippen LogP contribution in [0.25, 0.3) is 0 Å². The van der Waals surface area contributed by atoms with Crippen molar-refractivity contribution < 1.29 is 17.9 Å². The van der Waals surface area contributed by atoms with E-state index in [-0.39, 0.29) is 40.6 Å². The monoisotopic (exact) mass is 412 g/mol. The molecule has 0 unspecified atom stereocenters. The molecule has 1 fully saturated rings. The molecule has 148 valence electrons. The highest BCUT2D eigenvalue weighted by Gasteiger charge is 2.41. The van der Waals surface area contributed by atoms with Gasteiger partial charge < -0.3 is 15.2 Å². The van der Waals surface area contributed by atoms with E-state index in [1.165, 1.54) is 18.5 Å². The molecule has 0 radical (unpaired) electrons. The van der Waals surface area contributed by atoms with Crippen LogP contribution in [0.3, 0.4) is 0 Å². The van der Waals surface area contributed by atoms with Gasteiger partial charge in [0.1, 0.15) is 11.5 Å². The lowest BCUT2D eigenvalue weighted by atomic mass is 9.89. The Morgan fingerprint density at radius 1 is 1.00 bits per heavy atom. The maximum absolute atomic E-state index is 13.4. The zero-order chi connectivity index (χ0) is 18.7. The average Bonchev–Trinajstić information content (AvgIpc) is 3.13. The Labute approximate surface area is 166 Å². The smallest absolute Gasteiger partial charge is 0.250 e. The van der Waals surface area contributed by atoms with E-state index in [0.29, 0.717) is 19.6 Å². The number of nitrogens with zero attached hydrogens (tertiary/aromatic N) is 1. The summed E-state index contributed by atoms with van der Waals surface area (Å²) in [6, 6.07) is 14.9. The number of methoxy groups -OCH3 is 2. The fraction of sp³-hybridized carbons (Fsp3) is 0.368. The van der Waals surface area contributed by atoms with Gasteiger partial charge in [-0.15, -0.1) is 12.4 Å². The Kier molecular flexibility index (Phi) is 7.11.